The van der Waals surface area contributed by atoms with Crippen LogP contribution < -0.4 is 4.31 Å². The quantitative estimate of drug-likeness (QED) is 0.220. The first-order chi connectivity index (χ1) is 21.8. The standard InChI is InChI=1S/C16H15N3O2S.C10H10N2.C9H10ClN/c1-12-4-6-13(7-5-12)22(20,21)19-10-2-3-14-15(11-17)18-9-8-16(14)19;11-7-10-9-4-2-1-3-8(9)5-6-12-10;10-9-8-4-2-1-3-7(8)5-6-11-9/h4-9H,2-3,10H2,1H3;5-6H,1-4H2;5-6H,1-4H2. The average molecular weight is 639 g/mol. The number of anilines is 1. The minimum absolute atomic E-state index is 0.265. The van der Waals surface area contributed by atoms with Crippen molar-refractivity contribution in [3.05, 3.63) is 111 Å². The third kappa shape index (κ3) is 7.33. The van der Waals surface area contributed by atoms with E-state index in [0.29, 0.717) is 47.2 Å². The monoisotopic (exact) mass is 638 g/mol. The average Bonchev–Trinajstić information content (AvgIpc) is 3.08. The van der Waals surface area contributed by atoms with Crippen molar-refractivity contribution in [2.75, 3.05) is 10.8 Å². The largest absolute Gasteiger partial charge is 0.266 e. The van der Waals surface area contributed by atoms with E-state index in [9.17, 15) is 8.42 Å². The van der Waals surface area contributed by atoms with E-state index in [1.807, 2.05) is 19.1 Å². The van der Waals surface area contributed by atoms with Crippen molar-refractivity contribution < 1.29 is 8.42 Å². The van der Waals surface area contributed by atoms with Gasteiger partial charge in [0.05, 0.1) is 10.6 Å². The maximum absolute atomic E-state index is 12.9. The minimum atomic E-state index is -3.62. The van der Waals surface area contributed by atoms with Gasteiger partial charge in [0.2, 0.25) is 0 Å². The summed E-state index contributed by atoms with van der Waals surface area (Å²) < 4.78 is 27.2. The SMILES string of the molecule is Cc1ccc(S(=O)(=O)N2CCCc3c2ccnc3C#N)cc1.Clc1nccc2c1CCCC2.N#Cc1nccc2c1CCCC2. The number of rotatable bonds is 2. The highest BCUT2D eigenvalue weighted by atomic mass is 35.5. The first kappa shape index (κ1) is 32.1. The molecule has 8 nitrogen and oxygen atoms in total. The minimum Gasteiger partial charge on any atom is -0.266 e. The summed E-state index contributed by atoms with van der Waals surface area (Å²) >= 11 is 5.93. The van der Waals surface area contributed by atoms with Gasteiger partial charge in [0.25, 0.3) is 10.0 Å². The number of benzene rings is 1. The lowest BCUT2D eigenvalue weighted by Gasteiger charge is -2.30. The third-order valence-electron chi connectivity index (χ3n) is 8.41. The zero-order chi connectivity index (χ0) is 31.8. The number of nitrogens with zero attached hydrogens (tertiary/aromatic N) is 6. The summed E-state index contributed by atoms with van der Waals surface area (Å²) in [5.74, 6) is 0. The Balaban J connectivity index is 0.000000146. The fourth-order valence-electron chi connectivity index (χ4n) is 6.04. The van der Waals surface area contributed by atoms with E-state index >= 15 is 0 Å². The molecule has 3 aliphatic rings. The van der Waals surface area contributed by atoms with Crippen molar-refractivity contribution in [3.8, 4) is 12.1 Å². The number of hydrogen-bond donors (Lipinski definition) is 0. The Hall–Kier alpha value is -4.31. The van der Waals surface area contributed by atoms with Crippen LogP contribution in [0.15, 0.2) is 66.0 Å². The number of aryl methyl sites for hydroxylation is 3. The molecule has 0 radical (unpaired) electrons. The van der Waals surface area contributed by atoms with Crippen LogP contribution in [0.1, 0.15) is 76.9 Å². The molecule has 1 aliphatic heterocycles. The normalized spacial score (nSPS) is 14.9. The number of sulfonamides is 1. The van der Waals surface area contributed by atoms with E-state index in [-0.39, 0.29) is 4.90 Å². The zero-order valence-electron chi connectivity index (χ0n) is 25.3. The fraction of sp³-hybridized carbons (Fsp3) is 0.343. The van der Waals surface area contributed by atoms with E-state index in [1.54, 1.807) is 42.7 Å². The molecular weight excluding hydrogens is 604 g/mol. The van der Waals surface area contributed by atoms with Gasteiger partial charge in [0, 0.05) is 30.7 Å². The highest BCUT2D eigenvalue weighted by Gasteiger charge is 2.30. The Bertz CT molecular complexity index is 1860. The summed E-state index contributed by atoms with van der Waals surface area (Å²) in [6.45, 7) is 2.33. The number of pyridine rings is 3. The zero-order valence-corrected chi connectivity index (χ0v) is 26.9. The van der Waals surface area contributed by atoms with Crippen LogP contribution in [0.4, 0.5) is 5.69 Å². The van der Waals surface area contributed by atoms with E-state index in [2.05, 4.69) is 27.1 Å². The summed E-state index contributed by atoms with van der Waals surface area (Å²) in [5, 5.41) is 18.6. The second kappa shape index (κ2) is 14.6. The highest BCUT2D eigenvalue weighted by Crippen LogP contribution is 2.33. The molecule has 0 amide bonds. The molecule has 4 aromatic rings. The van der Waals surface area contributed by atoms with Gasteiger partial charge in [-0.1, -0.05) is 29.3 Å². The van der Waals surface area contributed by atoms with Gasteiger partial charge < -0.3 is 0 Å². The Morgan fingerprint density at radius 1 is 0.689 bits per heavy atom. The number of aromatic nitrogens is 3. The number of hydrogen-bond acceptors (Lipinski definition) is 7. The molecule has 0 fully saturated rings. The van der Waals surface area contributed by atoms with Crippen molar-refractivity contribution in [2.24, 2.45) is 0 Å². The molecule has 0 spiro atoms. The van der Waals surface area contributed by atoms with Crippen LogP contribution in [0, 0.1) is 29.6 Å². The molecular formula is C35H35ClN6O2S. The summed E-state index contributed by atoms with van der Waals surface area (Å²) in [6, 6.07) is 16.8. The van der Waals surface area contributed by atoms with Crippen LogP contribution in [0.3, 0.4) is 0 Å². The molecule has 0 atom stereocenters. The van der Waals surface area contributed by atoms with Crippen LogP contribution in [0.2, 0.25) is 5.15 Å². The molecule has 230 valence electrons. The molecule has 0 unspecified atom stereocenters. The van der Waals surface area contributed by atoms with E-state index in [1.165, 1.54) is 64.9 Å². The molecule has 4 heterocycles. The van der Waals surface area contributed by atoms with Crippen molar-refractivity contribution in [3.63, 3.8) is 0 Å². The Morgan fingerprint density at radius 2 is 1.22 bits per heavy atom. The van der Waals surface area contributed by atoms with Crippen molar-refractivity contribution >= 4 is 27.3 Å². The van der Waals surface area contributed by atoms with E-state index < -0.39 is 10.0 Å². The van der Waals surface area contributed by atoms with E-state index in [0.717, 1.165) is 24.8 Å². The molecule has 0 saturated carbocycles. The van der Waals surface area contributed by atoms with Crippen LogP contribution in [-0.4, -0.2) is 29.9 Å². The lowest BCUT2D eigenvalue weighted by Crippen LogP contribution is -2.35. The fourth-order valence-corrected chi connectivity index (χ4v) is 7.85. The third-order valence-corrected chi connectivity index (χ3v) is 10.6. The van der Waals surface area contributed by atoms with Crippen molar-refractivity contribution in [1.29, 1.82) is 10.5 Å². The van der Waals surface area contributed by atoms with Crippen molar-refractivity contribution in [2.45, 2.75) is 76.0 Å². The second-order valence-corrected chi connectivity index (χ2v) is 13.5. The Kier molecular flexibility index (Phi) is 10.4. The van der Waals surface area contributed by atoms with Crippen LogP contribution in [-0.2, 0) is 42.1 Å². The Morgan fingerprint density at radius 3 is 1.87 bits per heavy atom. The van der Waals surface area contributed by atoms with Crippen LogP contribution >= 0.6 is 11.6 Å². The van der Waals surface area contributed by atoms with Gasteiger partial charge in [-0.3, -0.25) is 4.31 Å². The van der Waals surface area contributed by atoms with Gasteiger partial charge in [-0.05, 0) is 124 Å². The molecule has 2 aliphatic carbocycles. The predicted octanol–water partition coefficient (Wildman–Crippen LogP) is 6.85. The molecule has 7 rings (SSSR count). The summed E-state index contributed by atoms with van der Waals surface area (Å²) in [6.07, 6.45) is 15.8. The molecule has 0 bridgehead atoms. The van der Waals surface area contributed by atoms with E-state index in [4.69, 9.17) is 22.1 Å². The second-order valence-electron chi connectivity index (χ2n) is 11.3. The molecule has 3 aromatic heterocycles. The Labute approximate surface area is 270 Å². The van der Waals surface area contributed by atoms with Gasteiger partial charge in [-0.15, -0.1) is 0 Å². The number of halogens is 1. The van der Waals surface area contributed by atoms with Crippen LogP contribution in [0.5, 0.6) is 0 Å². The summed E-state index contributed by atoms with van der Waals surface area (Å²) in [5.41, 5.74) is 8.42. The van der Waals surface area contributed by atoms with Gasteiger partial charge >= 0.3 is 0 Å². The van der Waals surface area contributed by atoms with Gasteiger partial charge in [-0.2, -0.15) is 10.5 Å². The summed E-state index contributed by atoms with van der Waals surface area (Å²) in [4.78, 5) is 12.4. The first-order valence-corrected chi connectivity index (χ1v) is 17.1. The van der Waals surface area contributed by atoms with Crippen molar-refractivity contribution in [1.82, 2.24) is 15.0 Å². The maximum Gasteiger partial charge on any atom is 0.264 e. The van der Waals surface area contributed by atoms with Gasteiger partial charge in [0.1, 0.15) is 28.7 Å². The molecule has 0 N–H and O–H groups in total. The van der Waals surface area contributed by atoms with Gasteiger partial charge in [0.15, 0.2) is 0 Å². The smallest absolute Gasteiger partial charge is 0.264 e. The topological polar surface area (TPSA) is 124 Å². The molecule has 0 saturated heterocycles. The molecule has 10 heteroatoms. The van der Waals surface area contributed by atoms with Gasteiger partial charge in [-0.25, -0.2) is 23.4 Å². The lowest BCUT2D eigenvalue weighted by atomic mass is 9.91. The number of fused-ring (bicyclic) bond motifs is 3. The highest BCUT2D eigenvalue weighted by molar-refractivity contribution is 7.92. The maximum atomic E-state index is 12.9. The first-order valence-electron chi connectivity index (χ1n) is 15.3. The predicted molar refractivity (Wildman–Crippen MR) is 174 cm³/mol. The molecule has 45 heavy (non-hydrogen) atoms. The van der Waals surface area contributed by atoms with Crippen LogP contribution in [0.25, 0.3) is 0 Å². The molecule has 1 aromatic carbocycles. The lowest BCUT2D eigenvalue weighted by molar-refractivity contribution is 0.586. The number of nitriles is 2. The summed E-state index contributed by atoms with van der Waals surface area (Å²) in [7, 11) is -3.62.